The van der Waals surface area contributed by atoms with Crippen LogP contribution in [0.15, 0.2) is 18.2 Å². The van der Waals surface area contributed by atoms with E-state index in [1.54, 1.807) is 0 Å². The maximum Gasteiger partial charge on any atom is 0.337 e. The monoisotopic (exact) mass is 322 g/mol. The molecule has 1 aromatic carbocycles. The SMILES string of the molecule is COC(=O)c1cc(NC(=O)C2CNCCO2)cc(C(=O)OC)c1. The van der Waals surface area contributed by atoms with Crippen molar-refractivity contribution in [3.63, 3.8) is 0 Å². The Hall–Kier alpha value is -2.45. The van der Waals surface area contributed by atoms with Crippen molar-refractivity contribution in [3.8, 4) is 0 Å². The van der Waals surface area contributed by atoms with Crippen molar-refractivity contribution in [1.82, 2.24) is 5.32 Å². The van der Waals surface area contributed by atoms with E-state index in [1.807, 2.05) is 0 Å². The van der Waals surface area contributed by atoms with Gasteiger partial charge >= 0.3 is 11.9 Å². The van der Waals surface area contributed by atoms with Crippen LogP contribution in [0, 0.1) is 0 Å². The number of rotatable bonds is 4. The molecule has 2 rings (SSSR count). The number of amides is 1. The zero-order valence-corrected chi connectivity index (χ0v) is 12.9. The number of benzene rings is 1. The Morgan fingerprint density at radius 2 is 1.74 bits per heavy atom. The van der Waals surface area contributed by atoms with Crippen LogP contribution in [-0.4, -0.2) is 57.9 Å². The molecule has 1 unspecified atom stereocenters. The number of hydrogen-bond acceptors (Lipinski definition) is 7. The number of hydrogen-bond donors (Lipinski definition) is 2. The first-order chi connectivity index (χ1) is 11.0. The molecule has 1 aliphatic heterocycles. The minimum absolute atomic E-state index is 0.133. The van der Waals surface area contributed by atoms with E-state index in [0.717, 1.165) is 0 Å². The molecule has 0 aromatic heterocycles. The molecule has 1 amide bonds. The van der Waals surface area contributed by atoms with E-state index >= 15 is 0 Å². The second-order valence-corrected chi connectivity index (χ2v) is 4.84. The molecule has 1 aliphatic rings. The summed E-state index contributed by atoms with van der Waals surface area (Å²) in [4.78, 5) is 35.5. The quantitative estimate of drug-likeness (QED) is 0.763. The topological polar surface area (TPSA) is 103 Å². The lowest BCUT2D eigenvalue weighted by atomic mass is 10.1. The van der Waals surface area contributed by atoms with Gasteiger partial charge in [-0.2, -0.15) is 0 Å². The Kier molecular flexibility index (Phi) is 5.67. The third kappa shape index (κ3) is 4.27. The molecule has 0 bridgehead atoms. The van der Waals surface area contributed by atoms with Crippen LogP contribution in [0.1, 0.15) is 20.7 Å². The van der Waals surface area contributed by atoms with Crippen LogP contribution >= 0.6 is 0 Å². The Bertz CT molecular complexity index is 576. The van der Waals surface area contributed by atoms with Gasteiger partial charge in [0, 0.05) is 18.8 Å². The normalized spacial score (nSPS) is 17.2. The molecule has 0 aliphatic carbocycles. The van der Waals surface area contributed by atoms with E-state index in [9.17, 15) is 14.4 Å². The summed E-state index contributed by atoms with van der Waals surface area (Å²) < 4.78 is 14.6. The third-order valence-corrected chi connectivity index (χ3v) is 3.26. The van der Waals surface area contributed by atoms with Gasteiger partial charge in [-0.15, -0.1) is 0 Å². The van der Waals surface area contributed by atoms with Crippen LogP contribution in [0.25, 0.3) is 0 Å². The van der Waals surface area contributed by atoms with Gasteiger partial charge in [0.2, 0.25) is 0 Å². The Labute approximate surface area is 133 Å². The molecule has 0 radical (unpaired) electrons. The maximum atomic E-state index is 12.2. The average Bonchev–Trinajstić information content (AvgIpc) is 2.60. The molecule has 8 heteroatoms. The highest BCUT2D eigenvalue weighted by molar-refractivity contribution is 6.00. The van der Waals surface area contributed by atoms with Crippen LogP contribution in [-0.2, 0) is 19.0 Å². The Morgan fingerprint density at radius 3 is 2.22 bits per heavy atom. The first-order valence-electron chi connectivity index (χ1n) is 7.00. The number of morpholine rings is 1. The van der Waals surface area contributed by atoms with Crippen molar-refractivity contribution in [2.45, 2.75) is 6.10 Å². The highest BCUT2D eigenvalue weighted by Gasteiger charge is 2.23. The summed E-state index contributed by atoms with van der Waals surface area (Å²) in [6, 6.07) is 4.19. The maximum absolute atomic E-state index is 12.2. The van der Waals surface area contributed by atoms with Crippen LogP contribution in [0.5, 0.6) is 0 Å². The van der Waals surface area contributed by atoms with Crippen molar-refractivity contribution in [1.29, 1.82) is 0 Å². The molecule has 1 aromatic rings. The second-order valence-electron chi connectivity index (χ2n) is 4.84. The summed E-state index contributed by atoms with van der Waals surface area (Å²) in [7, 11) is 2.46. The van der Waals surface area contributed by atoms with Gasteiger partial charge in [-0.05, 0) is 18.2 Å². The van der Waals surface area contributed by atoms with Crippen molar-refractivity contribution < 1.29 is 28.6 Å². The van der Waals surface area contributed by atoms with E-state index in [4.69, 9.17) is 4.74 Å². The van der Waals surface area contributed by atoms with Crippen LogP contribution in [0.3, 0.4) is 0 Å². The highest BCUT2D eigenvalue weighted by atomic mass is 16.5. The van der Waals surface area contributed by atoms with Crippen LogP contribution < -0.4 is 10.6 Å². The van der Waals surface area contributed by atoms with E-state index in [2.05, 4.69) is 20.1 Å². The molecular formula is C15H18N2O6. The molecule has 0 spiro atoms. The third-order valence-electron chi connectivity index (χ3n) is 3.26. The van der Waals surface area contributed by atoms with E-state index < -0.39 is 18.0 Å². The van der Waals surface area contributed by atoms with Gasteiger partial charge in [0.05, 0.1) is 32.0 Å². The summed E-state index contributed by atoms with van der Waals surface area (Å²) in [6.45, 7) is 1.52. The Balaban J connectivity index is 2.23. The summed E-state index contributed by atoms with van der Waals surface area (Å²) in [5.74, 6) is -1.61. The van der Waals surface area contributed by atoms with Gasteiger partial charge in [0.25, 0.3) is 5.91 Å². The number of esters is 2. The summed E-state index contributed by atoms with van der Waals surface area (Å²) in [5.41, 5.74) is 0.550. The molecule has 1 atom stereocenters. The number of ether oxygens (including phenoxy) is 3. The van der Waals surface area contributed by atoms with Crippen molar-refractivity contribution in [3.05, 3.63) is 29.3 Å². The highest BCUT2D eigenvalue weighted by Crippen LogP contribution is 2.17. The molecular weight excluding hydrogens is 304 g/mol. The zero-order valence-electron chi connectivity index (χ0n) is 12.9. The predicted molar refractivity (Wildman–Crippen MR) is 80.4 cm³/mol. The fourth-order valence-electron chi connectivity index (χ4n) is 2.13. The smallest absolute Gasteiger partial charge is 0.337 e. The van der Waals surface area contributed by atoms with Crippen LogP contribution in [0.2, 0.25) is 0 Å². The first kappa shape index (κ1) is 16.9. The van der Waals surface area contributed by atoms with Gasteiger partial charge in [-0.1, -0.05) is 0 Å². The van der Waals surface area contributed by atoms with Gasteiger partial charge in [-0.25, -0.2) is 9.59 Å². The lowest BCUT2D eigenvalue weighted by Gasteiger charge is -2.22. The Morgan fingerprint density at radius 1 is 1.13 bits per heavy atom. The number of nitrogens with one attached hydrogen (secondary N) is 2. The number of carbonyl (C=O) groups excluding carboxylic acids is 3. The van der Waals surface area contributed by atoms with Gasteiger partial charge in [0.15, 0.2) is 0 Å². The molecule has 0 saturated carbocycles. The zero-order chi connectivity index (χ0) is 16.8. The van der Waals surface area contributed by atoms with Crippen molar-refractivity contribution >= 4 is 23.5 Å². The molecule has 2 N–H and O–H groups in total. The van der Waals surface area contributed by atoms with E-state index in [1.165, 1.54) is 32.4 Å². The molecule has 1 saturated heterocycles. The average molecular weight is 322 g/mol. The second kappa shape index (κ2) is 7.70. The molecule has 1 heterocycles. The fraction of sp³-hybridized carbons (Fsp3) is 0.400. The first-order valence-corrected chi connectivity index (χ1v) is 7.00. The lowest BCUT2D eigenvalue weighted by molar-refractivity contribution is -0.128. The van der Waals surface area contributed by atoms with Crippen LogP contribution in [0.4, 0.5) is 5.69 Å². The standard InChI is InChI=1S/C15H18N2O6/c1-21-14(19)9-5-10(15(20)22-2)7-11(6-9)17-13(18)12-8-16-3-4-23-12/h5-7,12,16H,3-4,8H2,1-2H3,(H,17,18). The van der Waals surface area contributed by atoms with Crippen molar-refractivity contribution in [2.24, 2.45) is 0 Å². The number of methoxy groups -OCH3 is 2. The molecule has 124 valence electrons. The summed E-state index contributed by atoms with van der Waals surface area (Å²) in [5, 5.41) is 5.68. The van der Waals surface area contributed by atoms with Gasteiger partial charge < -0.3 is 24.8 Å². The van der Waals surface area contributed by atoms with E-state index in [0.29, 0.717) is 19.7 Å². The van der Waals surface area contributed by atoms with Crippen molar-refractivity contribution in [2.75, 3.05) is 39.2 Å². The van der Waals surface area contributed by atoms with E-state index in [-0.39, 0.29) is 22.7 Å². The minimum atomic E-state index is -0.632. The van der Waals surface area contributed by atoms with Gasteiger partial charge in [0.1, 0.15) is 6.10 Å². The molecule has 1 fully saturated rings. The number of carbonyl (C=O) groups is 3. The minimum Gasteiger partial charge on any atom is -0.465 e. The number of anilines is 1. The molecule has 23 heavy (non-hydrogen) atoms. The summed E-state index contributed by atoms with van der Waals surface area (Å²) in [6.07, 6.45) is -0.632. The largest absolute Gasteiger partial charge is 0.465 e. The predicted octanol–water partition coefficient (Wildman–Crippen LogP) is 0.187. The van der Waals surface area contributed by atoms with Gasteiger partial charge in [-0.3, -0.25) is 4.79 Å². The molecule has 8 nitrogen and oxygen atoms in total. The summed E-state index contributed by atoms with van der Waals surface area (Å²) >= 11 is 0. The lowest BCUT2D eigenvalue weighted by Crippen LogP contribution is -2.45. The fourth-order valence-corrected chi connectivity index (χ4v) is 2.13.